The Morgan fingerprint density at radius 2 is 1.50 bits per heavy atom. The van der Waals surface area contributed by atoms with E-state index >= 15 is 0 Å². The Bertz CT molecular complexity index is 660. The van der Waals surface area contributed by atoms with Crippen LogP contribution >= 0.6 is 0 Å². The molecule has 0 bridgehead atoms. The second-order valence-corrected chi connectivity index (χ2v) is 4.96. The molecular formula is C18H17NO5. The predicted octanol–water partition coefficient (Wildman–Crippen LogP) is 2.79. The molecule has 6 heteroatoms. The summed E-state index contributed by atoms with van der Waals surface area (Å²) in [6.07, 6.45) is -1.06. The number of carbonyl (C=O) groups excluding carboxylic acids is 1. The number of esters is 1. The van der Waals surface area contributed by atoms with Crippen LogP contribution in [0.4, 0.5) is 0 Å². The Kier molecular flexibility index (Phi) is 6.08. The monoisotopic (exact) mass is 327 g/mol. The van der Waals surface area contributed by atoms with E-state index in [0.29, 0.717) is 6.21 Å². The van der Waals surface area contributed by atoms with E-state index in [1.165, 1.54) is 6.92 Å². The van der Waals surface area contributed by atoms with E-state index < -0.39 is 24.1 Å². The predicted molar refractivity (Wildman–Crippen MR) is 87.5 cm³/mol. The van der Waals surface area contributed by atoms with Gasteiger partial charge >= 0.3 is 11.9 Å². The van der Waals surface area contributed by atoms with Crippen molar-refractivity contribution in [1.82, 2.24) is 0 Å². The van der Waals surface area contributed by atoms with Crippen molar-refractivity contribution in [2.45, 2.75) is 19.1 Å². The third kappa shape index (κ3) is 4.95. The van der Waals surface area contributed by atoms with Crippen LogP contribution in [0.3, 0.4) is 0 Å². The second kappa shape index (κ2) is 8.47. The number of carboxylic acid groups (broad SMARTS) is 1. The summed E-state index contributed by atoms with van der Waals surface area (Å²) in [6.45, 7) is 1.44. The van der Waals surface area contributed by atoms with Gasteiger partial charge < -0.3 is 14.7 Å². The van der Waals surface area contributed by atoms with Crippen molar-refractivity contribution in [3.05, 3.63) is 71.8 Å². The molecule has 0 aliphatic heterocycles. The molecule has 0 fully saturated rings. The van der Waals surface area contributed by atoms with E-state index in [1.807, 2.05) is 60.7 Å². The highest BCUT2D eigenvalue weighted by Gasteiger charge is 2.23. The maximum absolute atomic E-state index is 12.2. The van der Waals surface area contributed by atoms with Gasteiger partial charge in [-0.15, -0.1) is 0 Å². The van der Waals surface area contributed by atoms with Crippen LogP contribution < -0.4 is 0 Å². The smallest absolute Gasteiger partial charge is 0.350 e. The van der Waals surface area contributed by atoms with Crippen molar-refractivity contribution in [2.75, 3.05) is 0 Å². The van der Waals surface area contributed by atoms with E-state index in [9.17, 15) is 9.59 Å². The van der Waals surface area contributed by atoms with Gasteiger partial charge in [0.25, 0.3) is 0 Å². The minimum Gasteiger partial charge on any atom is -0.477 e. The van der Waals surface area contributed by atoms with E-state index in [4.69, 9.17) is 14.7 Å². The van der Waals surface area contributed by atoms with E-state index in [2.05, 4.69) is 5.16 Å². The summed E-state index contributed by atoms with van der Waals surface area (Å²) in [7, 11) is 0. The quantitative estimate of drug-likeness (QED) is 0.480. The van der Waals surface area contributed by atoms with Crippen molar-refractivity contribution in [1.29, 1.82) is 0 Å². The molecule has 0 amide bonds. The lowest BCUT2D eigenvalue weighted by Gasteiger charge is -2.20. The zero-order chi connectivity index (χ0) is 17.4. The first kappa shape index (κ1) is 17.2. The standard InChI is InChI=1S/C18H17NO5/c1-13(24-19-12-16(20)21)18(22)23-17(14-8-4-2-5-9-14)15-10-6-3-7-11-15/h2-13,17H,1H3,(H,20,21)/t13-/m0/s1. The first-order chi connectivity index (χ1) is 11.6. The highest BCUT2D eigenvalue weighted by molar-refractivity contribution is 6.21. The molecule has 0 aliphatic rings. The number of carbonyl (C=O) groups is 2. The number of hydrogen-bond acceptors (Lipinski definition) is 5. The van der Waals surface area contributed by atoms with Gasteiger partial charge in [-0.05, 0) is 18.1 Å². The third-order valence-electron chi connectivity index (χ3n) is 3.15. The summed E-state index contributed by atoms with van der Waals surface area (Å²) in [5.41, 5.74) is 1.64. The number of oxime groups is 1. The molecule has 0 radical (unpaired) electrons. The Hall–Kier alpha value is -3.15. The fourth-order valence-electron chi connectivity index (χ4n) is 2.01. The zero-order valence-electron chi connectivity index (χ0n) is 13.0. The Morgan fingerprint density at radius 3 is 1.96 bits per heavy atom. The number of nitrogens with zero attached hydrogens (tertiary/aromatic N) is 1. The summed E-state index contributed by atoms with van der Waals surface area (Å²) >= 11 is 0. The number of rotatable bonds is 7. The van der Waals surface area contributed by atoms with Gasteiger partial charge in [0.15, 0.2) is 12.3 Å². The number of aliphatic carboxylic acids is 1. The van der Waals surface area contributed by atoms with Gasteiger partial charge in [-0.3, -0.25) is 0 Å². The fourth-order valence-corrected chi connectivity index (χ4v) is 2.01. The summed E-state index contributed by atoms with van der Waals surface area (Å²) in [4.78, 5) is 27.4. The fraction of sp³-hybridized carbons (Fsp3) is 0.167. The van der Waals surface area contributed by atoms with Crippen molar-refractivity contribution in [2.24, 2.45) is 5.16 Å². The van der Waals surface area contributed by atoms with Crippen LogP contribution in [0, 0.1) is 0 Å². The van der Waals surface area contributed by atoms with Gasteiger partial charge in [-0.2, -0.15) is 0 Å². The molecular weight excluding hydrogens is 310 g/mol. The first-order valence-electron chi connectivity index (χ1n) is 7.30. The molecule has 1 N–H and O–H groups in total. The highest BCUT2D eigenvalue weighted by atomic mass is 16.7. The van der Waals surface area contributed by atoms with Gasteiger partial charge in [-0.25, -0.2) is 9.59 Å². The van der Waals surface area contributed by atoms with E-state index in [-0.39, 0.29) is 0 Å². The summed E-state index contributed by atoms with van der Waals surface area (Å²) < 4.78 is 5.56. The number of ether oxygens (including phenoxy) is 1. The molecule has 0 heterocycles. The normalized spacial score (nSPS) is 12.1. The first-order valence-corrected chi connectivity index (χ1v) is 7.30. The van der Waals surface area contributed by atoms with Crippen molar-refractivity contribution in [3.63, 3.8) is 0 Å². The van der Waals surface area contributed by atoms with Crippen LogP contribution in [-0.2, 0) is 19.2 Å². The van der Waals surface area contributed by atoms with Gasteiger partial charge in [0, 0.05) is 0 Å². The topological polar surface area (TPSA) is 85.2 Å². The van der Waals surface area contributed by atoms with Gasteiger partial charge in [-0.1, -0.05) is 65.8 Å². The van der Waals surface area contributed by atoms with E-state index in [0.717, 1.165) is 11.1 Å². The molecule has 0 aliphatic carbocycles. The summed E-state index contributed by atoms with van der Waals surface area (Å²) in [5.74, 6) is -1.91. The van der Waals surface area contributed by atoms with Crippen molar-refractivity contribution >= 4 is 18.2 Å². The lowest BCUT2D eigenvalue weighted by atomic mass is 10.0. The molecule has 24 heavy (non-hydrogen) atoms. The van der Waals surface area contributed by atoms with E-state index in [1.54, 1.807) is 0 Å². The Labute approximate surface area is 139 Å². The van der Waals surface area contributed by atoms with Crippen molar-refractivity contribution in [3.8, 4) is 0 Å². The molecule has 124 valence electrons. The van der Waals surface area contributed by atoms with Gasteiger partial charge in [0.2, 0.25) is 6.10 Å². The molecule has 0 unspecified atom stereocenters. The van der Waals surface area contributed by atoms with Gasteiger partial charge in [0.05, 0.1) is 0 Å². The largest absolute Gasteiger partial charge is 0.477 e. The lowest BCUT2D eigenvalue weighted by Crippen LogP contribution is -2.24. The van der Waals surface area contributed by atoms with Crippen LogP contribution in [0.5, 0.6) is 0 Å². The minimum absolute atomic E-state index is 0.565. The Morgan fingerprint density at radius 1 is 1.00 bits per heavy atom. The van der Waals surface area contributed by atoms with Crippen molar-refractivity contribution < 1.29 is 24.3 Å². The summed E-state index contributed by atoms with van der Waals surface area (Å²) in [6, 6.07) is 18.6. The molecule has 2 aromatic rings. The molecule has 6 nitrogen and oxygen atoms in total. The second-order valence-electron chi connectivity index (χ2n) is 4.96. The Balaban J connectivity index is 2.14. The molecule has 1 atom stereocenters. The van der Waals surface area contributed by atoms with Crippen LogP contribution in [0.2, 0.25) is 0 Å². The maximum Gasteiger partial charge on any atom is 0.350 e. The zero-order valence-corrected chi connectivity index (χ0v) is 13.0. The number of carboxylic acids is 1. The van der Waals surface area contributed by atoms with Crippen LogP contribution in [0.25, 0.3) is 0 Å². The average molecular weight is 327 g/mol. The molecule has 0 aromatic heterocycles. The summed E-state index contributed by atoms with van der Waals surface area (Å²) in [5, 5.41) is 11.7. The lowest BCUT2D eigenvalue weighted by molar-refractivity contribution is -0.160. The average Bonchev–Trinajstić information content (AvgIpc) is 2.60. The van der Waals surface area contributed by atoms with Crippen LogP contribution in [-0.4, -0.2) is 29.4 Å². The molecule has 2 aromatic carbocycles. The highest BCUT2D eigenvalue weighted by Crippen LogP contribution is 2.26. The molecule has 0 spiro atoms. The minimum atomic E-state index is -1.26. The molecule has 2 rings (SSSR count). The number of hydrogen-bond donors (Lipinski definition) is 1. The van der Waals surface area contributed by atoms with Crippen LogP contribution in [0.1, 0.15) is 24.2 Å². The van der Waals surface area contributed by atoms with Gasteiger partial charge in [0.1, 0.15) is 0 Å². The number of benzene rings is 2. The SMILES string of the molecule is C[C@H](ON=CC(=O)O)C(=O)OC(c1ccccc1)c1ccccc1. The van der Waals surface area contributed by atoms with Crippen LogP contribution in [0.15, 0.2) is 65.8 Å². The third-order valence-corrected chi connectivity index (χ3v) is 3.15. The maximum atomic E-state index is 12.2. The molecule has 0 saturated heterocycles. The molecule has 0 saturated carbocycles.